The molecule has 1 aromatic heterocycles. The molecule has 1 aliphatic rings. The van der Waals surface area contributed by atoms with Crippen LogP contribution in [-0.4, -0.2) is 42.1 Å². The molecule has 2 unspecified atom stereocenters. The van der Waals surface area contributed by atoms with Crippen molar-refractivity contribution in [3.63, 3.8) is 0 Å². The zero-order valence-electron chi connectivity index (χ0n) is 11.1. The standard InChI is InChI=1S/C13H23N3S/c1-10-9-17-13(15-10)4-6-14-12-5-7-16(3)11(2)8-12/h9,11-12,14H,4-8H2,1-3H3. The van der Waals surface area contributed by atoms with Crippen LogP contribution in [0.2, 0.25) is 0 Å². The maximum absolute atomic E-state index is 4.49. The first-order chi connectivity index (χ1) is 8.15. The number of likely N-dealkylation sites (tertiary alicyclic amines) is 1. The van der Waals surface area contributed by atoms with Crippen molar-refractivity contribution in [2.75, 3.05) is 20.1 Å². The lowest BCUT2D eigenvalue weighted by Crippen LogP contribution is -2.46. The highest BCUT2D eigenvalue weighted by atomic mass is 32.1. The van der Waals surface area contributed by atoms with Gasteiger partial charge in [-0.05, 0) is 40.3 Å². The molecule has 1 aliphatic heterocycles. The molecule has 96 valence electrons. The Morgan fingerprint density at radius 2 is 2.41 bits per heavy atom. The average molecular weight is 253 g/mol. The first kappa shape index (κ1) is 13.0. The second kappa shape index (κ2) is 5.94. The van der Waals surface area contributed by atoms with E-state index in [1.54, 1.807) is 11.3 Å². The van der Waals surface area contributed by atoms with Crippen LogP contribution in [0.3, 0.4) is 0 Å². The van der Waals surface area contributed by atoms with E-state index in [0.29, 0.717) is 12.1 Å². The summed E-state index contributed by atoms with van der Waals surface area (Å²) in [5.74, 6) is 0. The van der Waals surface area contributed by atoms with Crippen LogP contribution in [0.25, 0.3) is 0 Å². The molecule has 0 amide bonds. The van der Waals surface area contributed by atoms with Crippen molar-refractivity contribution in [2.24, 2.45) is 0 Å². The number of aromatic nitrogens is 1. The second-order valence-electron chi connectivity index (χ2n) is 5.14. The van der Waals surface area contributed by atoms with Crippen molar-refractivity contribution in [2.45, 2.75) is 45.2 Å². The van der Waals surface area contributed by atoms with Crippen molar-refractivity contribution in [1.82, 2.24) is 15.2 Å². The van der Waals surface area contributed by atoms with Gasteiger partial charge in [-0.25, -0.2) is 4.98 Å². The van der Waals surface area contributed by atoms with Crippen LogP contribution in [0, 0.1) is 6.92 Å². The van der Waals surface area contributed by atoms with E-state index in [2.05, 4.69) is 41.5 Å². The number of hydrogen-bond donors (Lipinski definition) is 1. The Labute approximate surface area is 108 Å². The quantitative estimate of drug-likeness (QED) is 0.890. The van der Waals surface area contributed by atoms with Crippen LogP contribution in [0.15, 0.2) is 5.38 Å². The molecular weight excluding hydrogens is 230 g/mol. The summed E-state index contributed by atoms with van der Waals surface area (Å²) in [5.41, 5.74) is 1.15. The normalized spacial score (nSPS) is 26.3. The predicted molar refractivity (Wildman–Crippen MR) is 73.7 cm³/mol. The van der Waals surface area contributed by atoms with Crippen molar-refractivity contribution in [3.8, 4) is 0 Å². The van der Waals surface area contributed by atoms with Crippen LogP contribution >= 0.6 is 11.3 Å². The Morgan fingerprint density at radius 3 is 3.06 bits per heavy atom. The summed E-state index contributed by atoms with van der Waals surface area (Å²) in [6.45, 7) is 6.66. The van der Waals surface area contributed by atoms with E-state index < -0.39 is 0 Å². The Morgan fingerprint density at radius 1 is 1.59 bits per heavy atom. The third kappa shape index (κ3) is 3.76. The number of nitrogens with zero attached hydrogens (tertiary/aromatic N) is 2. The largest absolute Gasteiger partial charge is 0.313 e. The lowest BCUT2D eigenvalue weighted by molar-refractivity contribution is 0.169. The summed E-state index contributed by atoms with van der Waals surface area (Å²) in [4.78, 5) is 6.94. The fraction of sp³-hybridized carbons (Fsp3) is 0.769. The van der Waals surface area contributed by atoms with Gasteiger partial charge in [0, 0.05) is 36.1 Å². The molecule has 0 radical (unpaired) electrons. The van der Waals surface area contributed by atoms with Crippen molar-refractivity contribution in [3.05, 3.63) is 16.1 Å². The fourth-order valence-corrected chi connectivity index (χ4v) is 3.15. The Hall–Kier alpha value is -0.450. The van der Waals surface area contributed by atoms with E-state index in [1.165, 1.54) is 24.4 Å². The van der Waals surface area contributed by atoms with Gasteiger partial charge in [0.05, 0.1) is 5.01 Å². The van der Waals surface area contributed by atoms with Crippen LogP contribution < -0.4 is 5.32 Å². The molecule has 1 aromatic rings. The van der Waals surface area contributed by atoms with Crippen LogP contribution in [0.4, 0.5) is 0 Å². The first-order valence-electron chi connectivity index (χ1n) is 6.50. The molecule has 1 saturated heterocycles. The highest BCUT2D eigenvalue weighted by Gasteiger charge is 2.21. The molecule has 2 heterocycles. The number of rotatable bonds is 4. The van der Waals surface area contributed by atoms with Gasteiger partial charge >= 0.3 is 0 Å². The average Bonchev–Trinajstić information content (AvgIpc) is 2.70. The summed E-state index contributed by atoms with van der Waals surface area (Å²) in [5, 5.41) is 7.06. The van der Waals surface area contributed by atoms with Crippen molar-refractivity contribution < 1.29 is 0 Å². The van der Waals surface area contributed by atoms with Crippen molar-refractivity contribution >= 4 is 11.3 Å². The zero-order chi connectivity index (χ0) is 12.3. The molecule has 1 N–H and O–H groups in total. The van der Waals surface area contributed by atoms with Gasteiger partial charge in [-0.2, -0.15) is 0 Å². The van der Waals surface area contributed by atoms with Gasteiger partial charge < -0.3 is 10.2 Å². The second-order valence-corrected chi connectivity index (χ2v) is 6.08. The van der Waals surface area contributed by atoms with Gasteiger partial charge in [0.15, 0.2) is 0 Å². The monoisotopic (exact) mass is 253 g/mol. The summed E-state index contributed by atoms with van der Waals surface area (Å²) in [6.07, 6.45) is 3.62. The van der Waals surface area contributed by atoms with Gasteiger partial charge in [0.2, 0.25) is 0 Å². The number of thiazole rings is 1. The van der Waals surface area contributed by atoms with Crippen molar-refractivity contribution in [1.29, 1.82) is 0 Å². The number of hydrogen-bond acceptors (Lipinski definition) is 4. The van der Waals surface area contributed by atoms with E-state index in [-0.39, 0.29) is 0 Å². The maximum Gasteiger partial charge on any atom is 0.0940 e. The fourth-order valence-electron chi connectivity index (χ4n) is 2.38. The molecule has 2 atom stereocenters. The summed E-state index contributed by atoms with van der Waals surface area (Å²) >= 11 is 1.78. The number of nitrogens with one attached hydrogen (secondary N) is 1. The first-order valence-corrected chi connectivity index (χ1v) is 7.37. The molecule has 0 saturated carbocycles. The summed E-state index contributed by atoms with van der Waals surface area (Å²) in [7, 11) is 2.22. The van der Waals surface area contributed by atoms with E-state index in [4.69, 9.17) is 0 Å². The Bertz CT molecular complexity index is 350. The van der Waals surface area contributed by atoms with E-state index in [0.717, 1.165) is 18.7 Å². The minimum atomic E-state index is 0.697. The molecule has 0 aromatic carbocycles. The van der Waals surface area contributed by atoms with Gasteiger partial charge in [-0.3, -0.25) is 0 Å². The molecule has 0 spiro atoms. The molecular formula is C13H23N3S. The van der Waals surface area contributed by atoms with Crippen LogP contribution in [-0.2, 0) is 6.42 Å². The highest BCUT2D eigenvalue weighted by molar-refractivity contribution is 7.09. The third-order valence-corrected chi connectivity index (χ3v) is 4.67. The lowest BCUT2D eigenvalue weighted by Gasteiger charge is -2.35. The minimum absolute atomic E-state index is 0.697. The van der Waals surface area contributed by atoms with Crippen LogP contribution in [0.1, 0.15) is 30.5 Å². The highest BCUT2D eigenvalue weighted by Crippen LogP contribution is 2.15. The third-order valence-electron chi connectivity index (χ3n) is 3.65. The smallest absolute Gasteiger partial charge is 0.0940 e. The zero-order valence-corrected chi connectivity index (χ0v) is 11.9. The van der Waals surface area contributed by atoms with Gasteiger partial charge in [0.1, 0.15) is 0 Å². The Balaban J connectivity index is 1.69. The molecule has 0 aliphatic carbocycles. The summed E-state index contributed by atoms with van der Waals surface area (Å²) < 4.78 is 0. The van der Waals surface area contributed by atoms with Crippen LogP contribution in [0.5, 0.6) is 0 Å². The SMILES string of the molecule is Cc1csc(CCNC2CCN(C)C(C)C2)n1. The topological polar surface area (TPSA) is 28.2 Å². The number of piperidine rings is 1. The minimum Gasteiger partial charge on any atom is -0.313 e. The predicted octanol–water partition coefficient (Wildman–Crippen LogP) is 2.07. The van der Waals surface area contributed by atoms with E-state index >= 15 is 0 Å². The summed E-state index contributed by atoms with van der Waals surface area (Å²) in [6, 6.07) is 1.41. The molecule has 4 heteroatoms. The van der Waals surface area contributed by atoms with Gasteiger partial charge in [-0.1, -0.05) is 0 Å². The molecule has 0 bridgehead atoms. The molecule has 17 heavy (non-hydrogen) atoms. The lowest BCUT2D eigenvalue weighted by atomic mass is 9.99. The molecule has 1 fully saturated rings. The maximum atomic E-state index is 4.49. The number of aryl methyl sites for hydroxylation is 1. The van der Waals surface area contributed by atoms with Gasteiger partial charge in [0.25, 0.3) is 0 Å². The Kier molecular flexibility index (Phi) is 4.54. The van der Waals surface area contributed by atoms with E-state index in [9.17, 15) is 0 Å². The molecule has 2 rings (SSSR count). The van der Waals surface area contributed by atoms with E-state index in [1.807, 2.05) is 0 Å². The molecule has 3 nitrogen and oxygen atoms in total. The van der Waals surface area contributed by atoms with Gasteiger partial charge in [-0.15, -0.1) is 11.3 Å².